The Bertz CT molecular complexity index is 881. The van der Waals surface area contributed by atoms with E-state index in [1.165, 1.54) is 18.2 Å². The predicted octanol–water partition coefficient (Wildman–Crippen LogP) is 4.65. The van der Waals surface area contributed by atoms with Crippen LogP contribution in [-0.2, 0) is 17.4 Å². The fourth-order valence-corrected chi connectivity index (χ4v) is 3.11. The van der Waals surface area contributed by atoms with Crippen LogP contribution in [0.5, 0.6) is 0 Å². The SMILES string of the molecule is CCN1C(=O)CCc2cc(NC(=O)Nc3ccccc3C(F)(F)F)ccc21. The standard InChI is InChI=1S/C19H18F3N3O2/c1-2-25-16-9-8-13(11-12(16)7-10-17(25)26)23-18(27)24-15-6-4-3-5-14(15)19(20,21)22/h3-6,8-9,11H,2,7,10H2,1H3,(H2,23,24,27). The number of carbonyl (C=O) groups excluding carboxylic acids is 2. The van der Waals surface area contributed by atoms with E-state index in [0.29, 0.717) is 25.1 Å². The molecule has 1 heterocycles. The minimum atomic E-state index is -4.56. The minimum absolute atomic E-state index is 0.0483. The summed E-state index contributed by atoms with van der Waals surface area (Å²) in [5.74, 6) is 0.0483. The van der Waals surface area contributed by atoms with Gasteiger partial charge in [0.15, 0.2) is 0 Å². The molecule has 0 unspecified atom stereocenters. The zero-order chi connectivity index (χ0) is 19.6. The monoisotopic (exact) mass is 377 g/mol. The Hall–Kier alpha value is -3.03. The van der Waals surface area contributed by atoms with Crippen LogP contribution in [0.2, 0.25) is 0 Å². The van der Waals surface area contributed by atoms with E-state index in [4.69, 9.17) is 0 Å². The minimum Gasteiger partial charge on any atom is -0.312 e. The van der Waals surface area contributed by atoms with E-state index in [2.05, 4.69) is 10.6 Å². The summed E-state index contributed by atoms with van der Waals surface area (Å²) in [6, 6.07) is 9.09. The molecule has 0 bridgehead atoms. The van der Waals surface area contributed by atoms with Crippen molar-refractivity contribution in [2.45, 2.75) is 25.9 Å². The number of aryl methyl sites for hydroxylation is 1. The number of para-hydroxylation sites is 1. The zero-order valence-electron chi connectivity index (χ0n) is 14.6. The van der Waals surface area contributed by atoms with Crippen LogP contribution in [0, 0.1) is 0 Å². The van der Waals surface area contributed by atoms with E-state index in [0.717, 1.165) is 17.3 Å². The Kier molecular flexibility index (Phi) is 5.07. The summed E-state index contributed by atoms with van der Waals surface area (Å²) in [6.45, 7) is 2.43. The van der Waals surface area contributed by atoms with Gasteiger partial charge in [0.2, 0.25) is 5.91 Å². The van der Waals surface area contributed by atoms with E-state index in [1.54, 1.807) is 23.1 Å². The van der Waals surface area contributed by atoms with E-state index < -0.39 is 17.8 Å². The first kappa shape index (κ1) is 18.8. The third-order valence-electron chi connectivity index (χ3n) is 4.33. The van der Waals surface area contributed by atoms with Crippen LogP contribution in [0.15, 0.2) is 42.5 Å². The van der Waals surface area contributed by atoms with Gasteiger partial charge in [0.05, 0.1) is 11.3 Å². The molecule has 0 saturated carbocycles. The average molecular weight is 377 g/mol. The molecule has 1 aliphatic rings. The molecule has 0 fully saturated rings. The van der Waals surface area contributed by atoms with Gasteiger partial charge in [-0.25, -0.2) is 4.79 Å². The van der Waals surface area contributed by atoms with Crippen molar-refractivity contribution in [2.75, 3.05) is 22.1 Å². The first-order valence-corrected chi connectivity index (χ1v) is 8.47. The smallest absolute Gasteiger partial charge is 0.312 e. The molecule has 2 aromatic rings. The fraction of sp³-hybridized carbons (Fsp3) is 0.263. The van der Waals surface area contributed by atoms with Crippen LogP contribution in [0.4, 0.5) is 35.0 Å². The number of urea groups is 1. The first-order chi connectivity index (χ1) is 12.8. The number of hydrogen-bond donors (Lipinski definition) is 2. The summed E-state index contributed by atoms with van der Waals surface area (Å²) < 4.78 is 39.0. The number of nitrogens with one attached hydrogen (secondary N) is 2. The van der Waals surface area contributed by atoms with Crippen molar-refractivity contribution in [3.8, 4) is 0 Å². The molecule has 1 aliphatic heterocycles. The number of alkyl halides is 3. The summed E-state index contributed by atoms with van der Waals surface area (Å²) in [7, 11) is 0. The summed E-state index contributed by atoms with van der Waals surface area (Å²) in [5, 5.41) is 4.78. The second-order valence-electron chi connectivity index (χ2n) is 6.10. The summed E-state index contributed by atoms with van der Waals surface area (Å²) >= 11 is 0. The lowest BCUT2D eigenvalue weighted by atomic mass is 10.0. The number of amides is 3. The quantitative estimate of drug-likeness (QED) is 0.818. The Morgan fingerprint density at radius 3 is 2.56 bits per heavy atom. The van der Waals surface area contributed by atoms with Crippen LogP contribution in [0.25, 0.3) is 0 Å². The Morgan fingerprint density at radius 2 is 1.85 bits per heavy atom. The fourth-order valence-electron chi connectivity index (χ4n) is 3.11. The van der Waals surface area contributed by atoms with E-state index in [9.17, 15) is 22.8 Å². The third-order valence-corrected chi connectivity index (χ3v) is 4.33. The molecule has 142 valence electrons. The lowest BCUT2D eigenvalue weighted by Crippen LogP contribution is -2.34. The number of hydrogen-bond acceptors (Lipinski definition) is 2. The predicted molar refractivity (Wildman–Crippen MR) is 96.9 cm³/mol. The van der Waals surface area contributed by atoms with Gasteiger partial charge in [-0.2, -0.15) is 13.2 Å². The summed E-state index contributed by atoms with van der Waals surface area (Å²) in [6.07, 6.45) is -3.62. The van der Waals surface area contributed by atoms with E-state index in [1.807, 2.05) is 6.92 Å². The molecule has 27 heavy (non-hydrogen) atoms. The van der Waals surface area contributed by atoms with Gasteiger partial charge in [-0.05, 0) is 49.2 Å². The molecule has 0 saturated heterocycles. The molecule has 5 nitrogen and oxygen atoms in total. The lowest BCUT2D eigenvalue weighted by Gasteiger charge is -2.28. The van der Waals surface area contributed by atoms with Gasteiger partial charge in [0.25, 0.3) is 0 Å². The molecule has 0 aromatic heterocycles. The second-order valence-corrected chi connectivity index (χ2v) is 6.10. The van der Waals surface area contributed by atoms with Crippen molar-refractivity contribution >= 4 is 29.0 Å². The Balaban J connectivity index is 1.76. The number of nitrogens with zero attached hydrogens (tertiary/aromatic N) is 1. The Morgan fingerprint density at radius 1 is 1.11 bits per heavy atom. The highest BCUT2D eigenvalue weighted by atomic mass is 19.4. The van der Waals surface area contributed by atoms with E-state index in [-0.39, 0.29) is 11.6 Å². The Labute approximate surface area is 154 Å². The topological polar surface area (TPSA) is 61.4 Å². The average Bonchev–Trinajstić information content (AvgIpc) is 2.61. The second kappa shape index (κ2) is 7.30. The van der Waals surface area contributed by atoms with Crippen molar-refractivity contribution in [1.82, 2.24) is 0 Å². The molecule has 0 aliphatic carbocycles. The van der Waals surface area contributed by atoms with Crippen molar-refractivity contribution in [1.29, 1.82) is 0 Å². The molecule has 0 spiro atoms. The van der Waals surface area contributed by atoms with Gasteiger partial charge in [-0.3, -0.25) is 4.79 Å². The van der Waals surface area contributed by atoms with Gasteiger partial charge in [-0.15, -0.1) is 0 Å². The van der Waals surface area contributed by atoms with Crippen LogP contribution >= 0.6 is 0 Å². The summed E-state index contributed by atoms with van der Waals surface area (Å²) in [5.41, 5.74) is 0.916. The maximum absolute atomic E-state index is 13.0. The first-order valence-electron chi connectivity index (χ1n) is 8.47. The van der Waals surface area contributed by atoms with Crippen LogP contribution in [-0.4, -0.2) is 18.5 Å². The number of fused-ring (bicyclic) bond motifs is 1. The van der Waals surface area contributed by atoms with Gasteiger partial charge in [-0.1, -0.05) is 12.1 Å². The van der Waals surface area contributed by atoms with Crippen molar-refractivity contribution < 1.29 is 22.8 Å². The summed E-state index contributed by atoms with van der Waals surface area (Å²) in [4.78, 5) is 25.7. The normalized spacial score (nSPS) is 13.9. The van der Waals surface area contributed by atoms with Gasteiger partial charge in [0, 0.05) is 24.3 Å². The highest BCUT2D eigenvalue weighted by Crippen LogP contribution is 2.35. The van der Waals surface area contributed by atoms with Crippen molar-refractivity contribution in [3.05, 3.63) is 53.6 Å². The number of carbonyl (C=O) groups is 2. The van der Waals surface area contributed by atoms with Crippen LogP contribution in [0.1, 0.15) is 24.5 Å². The van der Waals surface area contributed by atoms with Gasteiger partial charge in [0.1, 0.15) is 0 Å². The highest BCUT2D eigenvalue weighted by molar-refractivity contribution is 6.01. The number of anilines is 3. The molecule has 3 rings (SSSR count). The van der Waals surface area contributed by atoms with Crippen LogP contribution < -0.4 is 15.5 Å². The molecule has 3 amide bonds. The molecule has 0 atom stereocenters. The van der Waals surface area contributed by atoms with Gasteiger partial charge >= 0.3 is 12.2 Å². The van der Waals surface area contributed by atoms with E-state index >= 15 is 0 Å². The maximum atomic E-state index is 13.0. The van der Waals surface area contributed by atoms with Crippen molar-refractivity contribution in [3.63, 3.8) is 0 Å². The number of halogens is 3. The number of rotatable bonds is 3. The van der Waals surface area contributed by atoms with Crippen molar-refractivity contribution in [2.24, 2.45) is 0 Å². The zero-order valence-corrected chi connectivity index (χ0v) is 14.6. The highest BCUT2D eigenvalue weighted by Gasteiger charge is 2.33. The van der Waals surface area contributed by atoms with Crippen LogP contribution in [0.3, 0.4) is 0 Å². The molecule has 0 radical (unpaired) electrons. The van der Waals surface area contributed by atoms with Gasteiger partial charge < -0.3 is 15.5 Å². The molecule has 2 N–H and O–H groups in total. The molecule has 8 heteroatoms. The molecule has 2 aromatic carbocycles. The molecular weight excluding hydrogens is 359 g/mol. The maximum Gasteiger partial charge on any atom is 0.418 e. The number of benzene rings is 2. The molecular formula is C19H18F3N3O2. The largest absolute Gasteiger partial charge is 0.418 e. The third kappa shape index (κ3) is 4.05. The lowest BCUT2D eigenvalue weighted by molar-refractivity contribution is -0.136.